The van der Waals surface area contributed by atoms with Gasteiger partial charge in [0.1, 0.15) is 0 Å². The molecule has 0 heterocycles. The molecule has 0 aliphatic heterocycles. The maximum atomic E-state index is 11.6. The average molecular weight is 292 g/mol. The fourth-order valence-electron chi connectivity index (χ4n) is 6.12. The number of rotatable bonds is 6. The summed E-state index contributed by atoms with van der Waals surface area (Å²) >= 11 is 0. The van der Waals surface area contributed by atoms with Gasteiger partial charge < -0.3 is 9.84 Å². The van der Waals surface area contributed by atoms with Crippen LogP contribution in [-0.4, -0.2) is 24.3 Å². The second-order valence-corrected chi connectivity index (χ2v) is 7.58. The number of carbonyl (C=O) groups is 1. The Hall–Kier alpha value is -0.830. The first-order valence-electron chi connectivity index (χ1n) is 8.48. The van der Waals surface area contributed by atoms with E-state index in [2.05, 4.69) is 6.58 Å². The molecule has 3 rings (SSSR count). The number of aliphatic hydroxyl groups is 1. The molecule has 1 N–H and O–H groups in total. The summed E-state index contributed by atoms with van der Waals surface area (Å²) in [5.74, 6) is 1.41. The second kappa shape index (κ2) is 5.42. The van der Waals surface area contributed by atoms with Crippen molar-refractivity contribution < 1.29 is 14.6 Å². The lowest BCUT2D eigenvalue weighted by atomic mass is 9.57. The Bertz CT molecular complexity index is 444. The summed E-state index contributed by atoms with van der Waals surface area (Å²) in [6.45, 7) is 6.15. The van der Waals surface area contributed by atoms with Crippen LogP contribution in [0, 0.1) is 22.7 Å². The third-order valence-electron chi connectivity index (χ3n) is 6.84. The zero-order chi connectivity index (χ0) is 15.1. The van der Waals surface area contributed by atoms with Crippen LogP contribution in [0.25, 0.3) is 0 Å². The molecule has 0 spiro atoms. The molecule has 4 atom stereocenters. The number of ether oxygens (including phenoxy) is 1. The Labute approximate surface area is 127 Å². The van der Waals surface area contributed by atoms with E-state index in [0.29, 0.717) is 29.6 Å². The minimum atomic E-state index is -0.266. The molecule has 21 heavy (non-hydrogen) atoms. The van der Waals surface area contributed by atoms with Crippen molar-refractivity contribution in [3.63, 3.8) is 0 Å². The molecule has 3 heteroatoms. The van der Waals surface area contributed by atoms with E-state index in [4.69, 9.17) is 4.74 Å². The fraction of sp³-hybridized carbons (Fsp3) is 0.833. The lowest BCUT2D eigenvalue weighted by molar-refractivity contribution is -0.140. The van der Waals surface area contributed by atoms with Crippen molar-refractivity contribution >= 4 is 5.97 Å². The van der Waals surface area contributed by atoms with Gasteiger partial charge in [-0.2, -0.15) is 0 Å². The van der Waals surface area contributed by atoms with Crippen LogP contribution in [-0.2, 0) is 9.53 Å². The molecule has 4 unspecified atom stereocenters. The molecule has 3 nitrogen and oxygen atoms in total. The molecule has 3 fully saturated rings. The normalized spacial score (nSPS) is 40.3. The highest BCUT2D eigenvalue weighted by atomic mass is 16.5. The van der Waals surface area contributed by atoms with Gasteiger partial charge >= 0.3 is 5.97 Å². The number of aliphatic hydroxyl groups excluding tert-OH is 1. The average Bonchev–Trinajstić information content (AvgIpc) is 3.09. The van der Waals surface area contributed by atoms with Crippen molar-refractivity contribution in [3.05, 3.63) is 12.2 Å². The SMILES string of the molecule is C=C(C)C(=O)OCCC12CCC(C1)C1CCCC12CCO. The van der Waals surface area contributed by atoms with Crippen LogP contribution >= 0.6 is 0 Å². The van der Waals surface area contributed by atoms with E-state index < -0.39 is 0 Å². The largest absolute Gasteiger partial charge is 0.462 e. The summed E-state index contributed by atoms with van der Waals surface area (Å²) in [5.41, 5.74) is 1.13. The minimum Gasteiger partial charge on any atom is -0.462 e. The third kappa shape index (κ3) is 2.16. The lowest BCUT2D eigenvalue weighted by Gasteiger charge is -2.48. The van der Waals surface area contributed by atoms with Crippen molar-refractivity contribution in [2.24, 2.45) is 22.7 Å². The fourth-order valence-corrected chi connectivity index (χ4v) is 6.12. The van der Waals surface area contributed by atoms with Crippen LogP contribution in [0.5, 0.6) is 0 Å². The molecule has 3 aliphatic rings. The smallest absolute Gasteiger partial charge is 0.333 e. The third-order valence-corrected chi connectivity index (χ3v) is 6.84. The van der Waals surface area contributed by atoms with Crippen LogP contribution in [0.2, 0.25) is 0 Å². The highest BCUT2D eigenvalue weighted by molar-refractivity contribution is 5.86. The minimum absolute atomic E-state index is 0.266. The summed E-state index contributed by atoms with van der Waals surface area (Å²) in [5, 5.41) is 9.60. The predicted octanol–water partition coefficient (Wildman–Crippen LogP) is 3.46. The monoisotopic (exact) mass is 292 g/mol. The van der Waals surface area contributed by atoms with Crippen LogP contribution in [0.4, 0.5) is 0 Å². The molecule has 0 aromatic rings. The zero-order valence-electron chi connectivity index (χ0n) is 13.2. The van der Waals surface area contributed by atoms with Crippen LogP contribution in [0.15, 0.2) is 12.2 Å². The van der Waals surface area contributed by atoms with Crippen molar-refractivity contribution in [2.75, 3.05) is 13.2 Å². The van der Waals surface area contributed by atoms with E-state index in [1.54, 1.807) is 6.92 Å². The van der Waals surface area contributed by atoms with Gasteiger partial charge in [0.25, 0.3) is 0 Å². The van der Waals surface area contributed by atoms with E-state index >= 15 is 0 Å². The Morgan fingerprint density at radius 2 is 2.14 bits per heavy atom. The second-order valence-electron chi connectivity index (χ2n) is 7.58. The van der Waals surface area contributed by atoms with Crippen LogP contribution in [0.3, 0.4) is 0 Å². The van der Waals surface area contributed by atoms with Crippen LogP contribution < -0.4 is 0 Å². The zero-order valence-corrected chi connectivity index (χ0v) is 13.2. The molecule has 3 saturated carbocycles. The predicted molar refractivity (Wildman–Crippen MR) is 81.6 cm³/mol. The Morgan fingerprint density at radius 1 is 1.33 bits per heavy atom. The molecule has 0 aromatic carbocycles. The number of carbonyl (C=O) groups excluding carboxylic acids is 1. The maximum Gasteiger partial charge on any atom is 0.333 e. The molecule has 0 amide bonds. The molecule has 2 bridgehead atoms. The highest BCUT2D eigenvalue weighted by Gasteiger charge is 2.66. The van der Waals surface area contributed by atoms with Gasteiger partial charge in [-0.05, 0) is 74.5 Å². The van der Waals surface area contributed by atoms with E-state index in [9.17, 15) is 9.90 Å². The first-order chi connectivity index (χ1) is 10.0. The summed E-state index contributed by atoms with van der Waals surface area (Å²) in [4.78, 5) is 11.6. The molecular weight excluding hydrogens is 264 g/mol. The Kier molecular flexibility index (Phi) is 3.89. The molecule has 3 aliphatic carbocycles. The van der Waals surface area contributed by atoms with Gasteiger partial charge in [0.15, 0.2) is 0 Å². The standard InChI is InChI=1S/C18H28O3/c1-13(2)16(20)21-11-9-17-7-5-14(12-17)15-4-3-6-18(15,17)8-10-19/h14-15,19H,1,3-12H2,2H3. The van der Waals surface area contributed by atoms with E-state index in [0.717, 1.165) is 24.7 Å². The van der Waals surface area contributed by atoms with Crippen molar-refractivity contribution in [1.29, 1.82) is 0 Å². The molecule has 0 radical (unpaired) electrons. The first-order valence-corrected chi connectivity index (χ1v) is 8.48. The molecule has 0 saturated heterocycles. The van der Waals surface area contributed by atoms with Gasteiger partial charge in [-0.3, -0.25) is 0 Å². The summed E-state index contributed by atoms with van der Waals surface area (Å²) in [6, 6.07) is 0. The summed E-state index contributed by atoms with van der Waals surface area (Å²) in [7, 11) is 0. The number of hydrogen-bond acceptors (Lipinski definition) is 3. The number of esters is 1. The van der Waals surface area contributed by atoms with E-state index in [1.807, 2.05) is 0 Å². The quantitative estimate of drug-likeness (QED) is 0.602. The maximum absolute atomic E-state index is 11.6. The van der Waals surface area contributed by atoms with Crippen LogP contribution in [0.1, 0.15) is 58.3 Å². The van der Waals surface area contributed by atoms with E-state index in [1.165, 1.54) is 38.5 Å². The van der Waals surface area contributed by atoms with E-state index in [-0.39, 0.29) is 5.97 Å². The summed E-state index contributed by atoms with van der Waals surface area (Å²) < 4.78 is 5.38. The van der Waals surface area contributed by atoms with Crippen molar-refractivity contribution in [2.45, 2.75) is 58.3 Å². The van der Waals surface area contributed by atoms with Gasteiger partial charge in [-0.15, -0.1) is 0 Å². The van der Waals surface area contributed by atoms with Gasteiger partial charge in [0, 0.05) is 12.2 Å². The Balaban J connectivity index is 1.72. The lowest BCUT2D eigenvalue weighted by Crippen LogP contribution is -2.42. The topological polar surface area (TPSA) is 46.5 Å². The Morgan fingerprint density at radius 3 is 2.86 bits per heavy atom. The highest BCUT2D eigenvalue weighted by Crippen LogP contribution is 2.74. The first kappa shape index (κ1) is 15.1. The van der Waals surface area contributed by atoms with Crippen molar-refractivity contribution in [3.8, 4) is 0 Å². The molecular formula is C18H28O3. The van der Waals surface area contributed by atoms with Gasteiger partial charge in [-0.1, -0.05) is 13.0 Å². The molecule has 0 aromatic heterocycles. The van der Waals surface area contributed by atoms with Gasteiger partial charge in [0.2, 0.25) is 0 Å². The van der Waals surface area contributed by atoms with Gasteiger partial charge in [-0.25, -0.2) is 4.79 Å². The number of hydrogen-bond donors (Lipinski definition) is 1. The van der Waals surface area contributed by atoms with Crippen molar-refractivity contribution in [1.82, 2.24) is 0 Å². The number of fused-ring (bicyclic) bond motifs is 5. The van der Waals surface area contributed by atoms with Gasteiger partial charge in [0.05, 0.1) is 6.61 Å². The summed E-state index contributed by atoms with van der Waals surface area (Å²) in [6.07, 6.45) is 9.74. The molecule has 118 valence electrons.